The van der Waals surface area contributed by atoms with Gasteiger partial charge in [-0.15, -0.1) is 0 Å². The van der Waals surface area contributed by atoms with Crippen molar-refractivity contribution in [1.29, 1.82) is 0 Å². The smallest absolute Gasteiger partial charge is 0.407 e. The number of amides is 1. The number of aliphatic carboxylic acids is 1. The Kier molecular flexibility index (Phi) is 6.89. The maximum atomic E-state index is 11.5. The molecule has 0 aromatic rings. The van der Waals surface area contributed by atoms with Crippen molar-refractivity contribution in [2.45, 2.75) is 51.7 Å². The molecule has 0 aromatic heterocycles. The highest BCUT2D eigenvalue weighted by molar-refractivity contribution is 5.72. The second-order valence-corrected chi connectivity index (χ2v) is 5.06. The molecule has 0 aliphatic rings. The molecule has 1 amide bonds. The zero-order valence-corrected chi connectivity index (χ0v) is 11.7. The predicted octanol–water partition coefficient (Wildman–Crippen LogP) is 1.31. The molecule has 0 aromatic carbocycles. The highest BCUT2D eigenvalue weighted by Crippen LogP contribution is 2.09. The minimum atomic E-state index is -1.06. The molecule has 7 heteroatoms. The van der Waals surface area contributed by atoms with E-state index in [1.54, 1.807) is 20.8 Å². The SMILES string of the molecule is COC(=O)CC[C@@H](CC(=O)O)NC(=O)OC(C)(C)C. The number of hydrogen-bond donors (Lipinski definition) is 2. The van der Waals surface area contributed by atoms with Crippen molar-refractivity contribution in [3.63, 3.8) is 0 Å². The first-order valence-electron chi connectivity index (χ1n) is 5.92. The first-order valence-corrected chi connectivity index (χ1v) is 5.92. The molecule has 7 nitrogen and oxygen atoms in total. The van der Waals surface area contributed by atoms with E-state index >= 15 is 0 Å². The third kappa shape index (κ3) is 9.87. The molecule has 0 radical (unpaired) electrons. The Balaban J connectivity index is 4.38. The third-order valence-electron chi connectivity index (χ3n) is 2.07. The Bertz CT molecular complexity index is 334. The number of alkyl carbamates (subject to hydrolysis) is 1. The highest BCUT2D eigenvalue weighted by atomic mass is 16.6. The van der Waals surface area contributed by atoms with Crippen LogP contribution in [0, 0.1) is 0 Å². The van der Waals surface area contributed by atoms with E-state index in [9.17, 15) is 14.4 Å². The van der Waals surface area contributed by atoms with Gasteiger partial charge in [-0.2, -0.15) is 0 Å². The molecule has 19 heavy (non-hydrogen) atoms. The molecule has 0 saturated heterocycles. The van der Waals surface area contributed by atoms with Crippen LogP contribution in [0.3, 0.4) is 0 Å². The molecule has 0 bridgehead atoms. The van der Waals surface area contributed by atoms with Crippen LogP contribution in [0.25, 0.3) is 0 Å². The summed E-state index contributed by atoms with van der Waals surface area (Å²) >= 11 is 0. The number of rotatable bonds is 6. The van der Waals surface area contributed by atoms with Gasteiger partial charge < -0.3 is 19.9 Å². The zero-order valence-electron chi connectivity index (χ0n) is 11.7. The molecule has 0 aliphatic carbocycles. The van der Waals surface area contributed by atoms with Gasteiger partial charge in [0.2, 0.25) is 0 Å². The number of carboxylic acids is 1. The molecular weight excluding hydrogens is 254 g/mol. The van der Waals surface area contributed by atoms with Crippen LogP contribution >= 0.6 is 0 Å². The van der Waals surface area contributed by atoms with Gasteiger partial charge in [0.25, 0.3) is 0 Å². The Morgan fingerprint density at radius 3 is 2.26 bits per heavy atom. The second kappa shape index (κ2) is 7.60. The monoisotopic (exact) mass is 275 g/mol. The zero-order chi connectivity index (χ0) is 15.1. The van der Waals surface area contributed by atoms with Crippen molar-refractivity contribution in [3.05, 3.63) is 0 Å². The lowest BCUT2D eigenvalue weighted by atomic mass is 10.1. The highest BCUT2D eigenvalue weighted by Gasteiger charge is 2.21. The van der Waals surface area contributed by atoms with Gasteiger partial charge in [0.15, 0.2) is 0 Å². The van der Waals surface area contributed by atoms with E-state index in [2.05, 4.69) is 10.1 Å². The molecular formula is C12H21NO6. The number of ether oxygens (including phenoxy) is 2. The molecule has 0 unspecified atom stereocenters. The molecule has 0 spiro atoms. The van der Waals surface area contributed by atoms with Gasteiger partial charge in [0, 0.05) is 12.5 Å². The Morgan fingerprint density at radius 2 is 1.84 bits per heavy atom. The van der Waals surface area contributed by atoms with E-state index in [4.69, 9.17) is 9.84 Å². The Morgan fingerprint density at radius 1 is 1.26 bits per heavy atom. The molecule has 0 saturated carbocycles. The van der Waals surface area contributed by atoms with E-state index < -0.39 is 29.7 Å². The maximum absolute atomic E-state index is 11.5. The first-order chi connectivity index (χ1) is 8.64. The average Bonchev–Trinajstić information content (AvgIpc) is 2.21. The number of carboxylic acid groups (broad SMARTS) is 1. The van der Waals surface area contributed by atoms with Crippen molar-refractivity contribution in [1.82, 2.24) is 5.32 Å². The Hall–Kier alpha value is -1.79. The lowest BCUT2D eigenvalue weighted by Gasteiger charge is -2.22. The van der Waals surface area contributed by atoms with Crippen molar-refractivity contribution < 1.29 is 29.0 Å². The number of methoxy groups -OCH3 is 1. The van der Waals surface area contributed by atoms with Crippen LogP contribution in [-0.2, 0) is 19.1 Å². The fourth-order valence-electron chi connectivity index (χ4n) is 1.30. The summed E-state index contributed by atoms with van der Waals surface area (Å²) in [4.78, 5) is 33.2. The van der Waals surface area contributed by atoms with E-state index in [0.29, 0.717) is 0 Å². The van der Waals surface area contributed by atoms with Crippen LogP contribution in [0.15, 0.2) is 0 Å². The normalized spacial score (nSPS) is 12.4. The average molecular weight is 275 g/mol. The summed E-state index contributed by atoms with van der Waals surface area (Å²) in [6, 6.07) is -0.675. The summed E-state index contributed by atoms with van der Waals surface area (Å²) < 4.78 is 9.48. The van der Waals surface area contributed by atoms with E-state index in [1.165, 1.54) is 7.11 Å². The molecule has 0 rings (SSSR count). The van der Waals surface area contributed by atoms with E-state index in [1.807, 2.05) is 0 Å². The summed E-state index contributed by atoms with van der Waals surface area (Å²) in [5, 5.41) is 11.2. The van der Waals surface area contributed by atoms with Crippen LogP contribution < -0.4 is 5.32 Å². The van der Waals surface area contributed by atoms with Crippen LogP contribution in [-0.4, -0.2) is 41.9 Å². The maximum Gasteiger partial charge on any atom is 0.407 e. The number of carbonyl (C=O) groups excluding carboxylic acids is 2. The van der Waals surface area contributed by atoms with Gasteiger partial charge in [-0.05, 0) is 27.2 Å². The summed E-state index contributed by atoms with van der Waals surface area (Å²) in [5.41, 5.74) is -0.666. The second-order valence-electron chi connectivity index (χ2n) is 5.06. The van der Waals surface area contributed by atoms with Crippen LogP contribution in [0.2, 0.25) is 0 Å². The molecule has 0 fully saturated rings. The number of nitrogens with one attached hydrogen (secondary N) is 1. The largest absolute Gasteiger partial charge is 0.481 e. The van der Waals surface area contributed by atoms with Gasteiger partial charge in [0.05, 0.1) is 13.5 Å². The number of esters is 1. The third-order valence-corrected chi connectivity index (χ3v) is 2.07. The summed E-state index contributed by atoms with van der Waals surface area (Å²) in [6.45, 7) is 5.10. The van der Waals surface area contributed by atoms with E-state index in [0.717, 1.165) is 0 Å². The summed E-state index contributed by atoms with van der Waals surface area (Å²) in [5.74, 6) is -1.52. The van der Waals surface area contributed by atoms with Gasteiger partial charge in [0.1, 0.15) is 5.60 Å². The molecule has 110 valence electrons. The van der Waals surface area contributed by atoms with Crippen molar-refractivity contribution in [3.8, 4) is 0 Å². The topological polar surface area (TPSA) is 102 Å². The van der Waals surface area contributed by atoms with Crippen LogP contribution in [0.4, 0.5) is 4.79 Å². The fourth-order valence-corrected chi connectivity index (χ4v) is 1.30. The summed E-state index contributed by atoms with van der Waals surface area (Å²) in [6.07, 6.45) is -0.776. The standard InChI is InChI=1S/C12H21NO6/c1-12(2,3)19-11(17)13-8(7-9(14)15)5-6-10(16)18-4/h8H,5-7H2,1-4H3,(H,13,17)(H,14,15)/t8-/m0/s1. The minimum Gasteiger partial charge on any atom is -0.481 e. The quantitative estimate of drug-likeness (QED) is 0.708. The van der Waals surface area contributed by atoms with Crippen molar-refractivity contribution >= 4 is 18.0 Å². The lowest BCUT2D eigenvalue weighted by molar-refractivity contribution is -0.142. The lowest BCUT2D eigenvalue weighted by Crippen LogP contribution is -2.40. The summed E-state index contributed by atoms with van der Waals surface area (Å²) in [7, 11) is 1.25. The predicted molar refractivity (Wildman–Crippen MR) is 66.7 cm³/mol. The van der Waals surface area contributed by atoms with Crippen LogP contribution in [0.5, 0.6) is 0 Å². The first kappa shape index (κ1) is 17.2. The van der Waals surface area contributed by atoms with Gasteiger partial charge >= 0.3 is 18.0 Å². The minimum absolute atomic E-state index is 0.0320. The van der Waals surface area contributed by atoms with Gasteiger partial charge in [-0.25, -0.2) is 4.79 Å². The van der Waals surface area contributed by atoms with E-state index in [-0.39, 0.29) is 19.3 Å². The number of hydrogen-bond acceptors (Lipinski definition) is 5. The van der Waals surface area contributed by atoms with Crippen molar-refractivity contribution in [2.75, 3.05) is 7.11 Å². The molecule has 2 N–H and O–H groups in total. The van der Waals surface area contributed by atoms with Crippen molar-refractivity contribution in [2.24, 2.45) is 0 Å². The van der Waals surface area contributed by atoms with Gasteiger partial charge in [-0.1, -0.05) is 0 Å². The molecule has 0 heterocycles. The molecule has 1 atom stereocenters. The molecule has 0 aliphatic heterocycles. The Labute approximate surface area is 112 Å². The number of carbonyl (C=O) groups is 3. The van der Waals surface area contributed by atoms with Gasteiger partial charge in [-0.3, -0.25) is 9.59 Å². The fraction of sp³-hybridized carbons (Fsp3) is 0.750. The van der Waals surface area contributed by atoms with Crippen LogP contribution in [0.1, 0.15) is 40.0 Å².